The summed E-state index contributed by atoms with van der Waals surface area (Å²) >= 11 is 0. The minimum Gasteiger partial charge on any atom is -0.481 e. The van der Waals surface area contributed by atoms with E-state index >= 15 is 0 Å². The van der Waals surface area contributed by atoms with Gasteiger partial charge >= 0.3 is 17.7 Å². The van der Waals surface area contributed by atoms with Gasteiger partial charge in [-0.2, -0.15) is 4.39 Å². The van der Waals surface area contributed by atoms with Crippen LogP contribution in [0.3, 0.4) is 0 Å². The zero-order valence-corrected chi connectivity index (χ0v) is 6.81. The average molecular weight is 200 g/mol. The summed E-state index contributed by atoms with van der Waals surface area (Å²) in [5.41, 5.74) is 0.0108. The molecule has 1 heterocycles. The van der Waals surface area contributed by atoms with E-state index in [0.29, 0.717) is 0 Å². The molecular formula is C7H5FN2O4. The van der Waals surface area contributed by atoms with Gasteiger partial charge in [0.15, 0.2) is 0 Å². The molecule has 0 atom stereocenters. The second-order valence-corrected chi connectivity index (χ2v) is 2.48. The first-order valence-corrected chi connectivity index (χ1v) is 3.51. The summed E-state index contributed by atoms with van der Waals surface area (Å²) in [5, 5.41) is 18.6. The van der Waals surface area contributed by atoms with Gasteiger partial charge in [-0.3, -0.25) is 4.79 Å². The lowest BCUT2D eigenvalue weighted by Crippen LogP contribution is -2.03. The number of carbonyl (C=O) groups is 1. The zero-order valence-electron chi connectivity index (χ0n) is 6.81. The third-order valence-electron chi connectivity index (χ3n) is 1.38. The van der Waals surface area contributed by atoms with Crippen LogP contribution in [0.2, 0.25) is 0 Å². The Morgan fingerprint density at radius 2 is 2.29 bits per heavy atom. The summed E-state index contributed by atoms with van der Waals surface area (Å²) in [4.78, 5) is 22.6. The number of hydrogen-bond acceptors (Lipinski definition) is 4. The largest absolute Gasteiger partial charge is 0.481 e. The van der Waals surface area contributed by atoms with E-state index < -0.39 is 29.1 Å². The van der Waals surface area contributed by atoms with Crippen molar-refractivity contribution in [2.24, 2.45) is 0 Å². The van der Waals surface area contributed by atoms with Crippen LogP contribution in [0, 0.1) is 16.1 Å². The molecule has 1 rings (SSSR count). The SMILES string of the molecule is O=C(O)Cc1cc(F)nc([N+](=O)[O-])c1. The Morgan fingerprint density at radius 1 is 1.64 bits per heavy atom. The van der Waals surface area contributed by atoms with Crippen LogP contribution < -0.4 is 0 Å². The highest BCUT2D eigenvalue weighted by molar-refractivity contribution is 5.70. The van der Waals surface area contributed by atoms with Crippen LogP contribution in [0.5, 0.6) is 0 Å². The molecule has 0 unspecified atom stereocenters. The molecule has 0 aliphatic carbocycles. The number of carboxylic acids is 1. The quantitative estimate of drug-likeness (QED) is 0.441. The van der Waals surface area contributed by atoms with Gasteiger partial charge in [0.2, 0.25) is 0 Å². The highest BCUT2D eigenvalue weighted by atomic mass is 19.1. The van der Waals surface area contributed by atoms with Crippen molar-refractivity contribution in [3.8, 4) is 0 Å². The summed E-state index contributed by atoms with van der Waals surface area (Å²) in [6.07, 6.45) is -0.472. The number of rotatable bonds is 3. The molecule has 7 heteroatoms. The highest BCUT2D eigenvalue weighted by Gasteiger charge is 2.14. The summed E-state index contributed by atoms with van der Waals surface area (Å²) in [6, 6.07) is 1.78. The van der Waals surface area contributed by atoms with Crippen molar-refractivity contribution in [1.29, 1.82) is 0 Å². The van der Waals surface area contributed by atoms with E-state index in [4.69, 9.17) is 5.11 Å². The van der Waals surface area contributed by atoms with E-state index in [1.807, 2.05) is 0 Å². The Balaban J connectivity index is 3.07. The molecule has 1 N–H and O–H groups in total. The molecule has 1 aromatic rings. The van der Waals surface area contributed by atoms with Gasteiger partial charge in [0.05, 0.1) is 6.42 Å². The Morgan fingerprint density at radius 3 is 2.79 bits per heavy atom. The molecule has 0 radical (unpaired) electrons. The number of hydrogen-bond donors (Lipinski definition) is 1. The molecule has 0 fully saturated rings. The molecule has 0 saturated carbocycles. The number of pyridine rings is 1. The fourth-order valence-electron chi connectivity index (χ4n) is 0.905. The maximum absolute atomic E-state index is 12.6. The average Bonchev–Trinajstić information content (AvgIpc) is 2.01. The maximum atomic E-state index is 12.6. The molecule has 0 aromatic carbocycles. The third kappa shape index (κ3) is 2.47. The fraction of sp³-hybridized carbons (Fsp3) is 0.143. The van der Waals surface area contributed by atoms with E-state index in [1.165, 1.54) is 0 Å². The van der Waals surface area contributed by atoms with Crippen LogP contribution in [0.25, 0.3) is 0 Å². The van der Waals surface area contributed by atoms with Crippen molar-refractivity contribution < 1.29 is 19.2 Å². The fourth-order valence-corrected chi connectivity index (χ4v) is 0.905. The van der Waals surface area contributed by atoms with Gasteiger partial charge in [0, 0.05) is 12.1 Å². The van der Waals surface area contributed by atoms with Crippen LogP contribution in [-0.2, 0) is 11.2 Å². The van der Waals surface area contributed by atoms with Crippen molar-refractivity contribution >= 4 is 11.8 Å². The number of halogens is 1. The van der Waals surface area contributed by atoms with Gasteiger partial charge in [0.1, 0.15) is 0 Å². The minimum absolute atomic E-state index is 0.0108. The van der Waals surface area contributed by atoms with Crippen LogP contribution in [0.15, 0.2) is 12.1 Å². The monoisotopic (exact) mass is 200 g/mol. The van der Waals surface area contributed by atoms with E-state index in [0.717, 1.165) is 12.1 Å². The lowest BCUT2D eigenvalue weighted by molar-refractivity contribution is -0.389. The van der Waals surface area contributed by atoms with E-state index in [9.17, 15) is 19.3 Å². The van der Waals surface area contributed by atoms with Crippen LogP contribution >= 0.6 is 0 Å². The van der Waals surface area contributed by atoms with E-state index in [2.05, 4.69) is 4.98 Å². The van der Waals surface area contributed by atoms with Crippen LogP contribution in [0.4, 0.5) is 10.2 Å². The molecule has 6 nitrogen and oxygen atoms in total. The standard InChI is InChI=1S/C7H5FN2O4/c8-5-1-4(3-7(11)12)2-6(9-5)10(13)14/h1-2H,3H2,(H,11,12). The summed E-state index contributed by atoms with van der Waals surface area (Å²) in [7, 11) is 0. The minimum atomic E-state index is -1.19. The molecule has 74 valence electrons. The Kier molecular flexibility index (Phi) is 2.70. The van der Waals surface area contributed by atoms with Crippen molar-refractivity contribution in [3.05, 3.63) is 33.8 Å². The molecule has 0 spiro atoms. The first kappa shape index (κ1) is 10.0. The smallest absolute Gasteiger partial charge is 0.367 e. The zero-order chi connectivity index (χ0) is 10.7. The number of nitro groups is 1. The van der Waals surface area contributed by atoms with Crippen molar-refractivity contribution in [1.82, 2.24) is 4.98 Å². The molecule has 1 aromatic heterocycles. The molecule has 14 heavy (non-hydrogen) atoms. The summed E-state index contributed by atoms with van der Waals surface area (Å²) < 4.78 is 12.6. The number of aliphatic carboxylic acids is 1. The van der Waals surface area contributed by atoms with Gasteiger partial charge in [-0.15, -0.1) is 0 Å². The number of carboxylic acid groups (broad SMARTS) is 1. The normalized spacial score (nSPS) is 9.79. The third-order valence-corrected chi connectivity index (χ3v) is 1.38. The topological polar surface area (TPSA) is 93.3 Å². The Hall–Kier alpha value is -2.05. The van der Waals surface area contributed by atoms with Crippen molar-refractivity contribution in [2.75, 3.05) is 0 Å². The summed E-state index contributed by atoms with van der Waals surface area (Å²) in [6.45, 7) is 0. The molecule has 0 saturated heterocycles. The lowest BCUT2D eigenvalue weighted by atomic mass is 10.2. The highest BCUT2D eigenvalue weighted by Crippen LogP contribution is 2.12. The Bertz CT molecular complexity index is 393. The predicted molar refractivity (Wildman–Crippen MR) is 42.2 cm³/mol. The first-order chi connectivity index (χ1) is 6.49. The second-order valence-electron chi connectivity index (χ2n) is 2.48. The molecular weight excluding hydrogens is 195 g/mol. The second kappa shape index (κ2) is 3.77. The molecule has 0 amide bonds. The van der Waals surface area contributed by atoms with Gasteiger partial charge < -0.3 is 15.2 Å². The number of nitrogens with zero attached hydrogens (tertiary/aromatic N) is 2. The summed E-state index contributed by atoms with van der Waals surface area (Å²) in [5.74, 6) is -2.94. The van der Waals surface area contributed by atoms with Crippen molar-refractivity contribution in [2.45, 2.75) is 6.42 Å². The first-order valence-electron chi connectivity index (χ1n) is 3.51. The maximum Gasteiger partial charge on any atom is 0.367 e. The van der Waals surface area contributed by atoms with E-state index in [1.54, 1.807) is 0 Å². The predicted octanol–water partition coefficient (Wildman–Crippen LogP) is 0.756. The van der Waals surface area contributed by atoms with Crippen LogP contribution in [0.1, 0.15) is 5.56 Å². The number of aromatic nitrogens is 1. The van der Waals surface area contributed by atoms with Gasteiger partial charge in [-0.05, 0) is 15.5 Å². The van der Waals surface area contributed by atoms with Crippen molar-refractivity contribution in [3.63, 3.8) is 0 Å². The van der Waals surface area contributed by atoms with Gasteiger partial charge in [-0.25, -0.2) is 0 Å². The molecule has 0 bridgehead atoms. The molecule has 0 aliphatic heterocycles. The lowest BCUT2D eigenvalue weighted by Gasteiger charge is -1.96. The van der Waals surface area contributed by atoms with Gasteiger partial charge in [0.25, 0.3) is 0 Å². The van der Waals surface area contributed by atoms with E-state index in [-0.39, 0.29) is 5.56 Å². The van der Waals surface area contributed by atoms with Gasteiger partial charge in [-0.1, -0.05) is 0 Å². The molecule has 0 aliphatic rings. The Labute approximate surface area is 77.2 Å². The van der Waals surface area contributed by atoms with Crippen LogP contribution in [-0.4, -0.2) is 21.0 Å².